The smallest absolute Gasteiger partial charge is 0.461 e. The molecule has 6 amide bonds. The molecule has 0 bridgehead atoms. The first kappa shape index (κ1) is 41.2. The van der Waals surface area contributed by atoms with E-state index >= 15 is 0 Å². The Kier molecular flexibility index (Phi) is 12.4. The van der Waals surface area contributed by atoms with Gasteiger partial charge in [-0.15, -0.1) is 11.8 Å². The number of benzene rings is 2. The minimum absolute atomic E-state index is 0.0177. The van der Waals surface area contributed by atoms with Crippen LogP contribution in [0.25, 0.3) is 0 Å². The fourth-order valence-corrected chi connectivity index (χ4v) is 7.16. The van der Waals surface area contributed by atoms with E-state index in [0.717, 1.165) is 22.2 Å². The number of fused-ring (bicyclic) bond motifs is 1. The number of likely N-dealkylation sites (N-methyl/N-ethyl adjacent to an activating group) is 1. The Hall–Kier alpha value is -5.95. The first-order chi connectivity index (χ1) is 26.4. The van der Waals surface area contributed by atoms with Gasteiger partial charge in [0.2, 0.25) is 5.91 Å². The number of rotatable bonds is 11. The molecule has 2 unspecified atom stereocenters. The van der Waals surface area contributed by atoms with Crippen LogP contribution in [-0.4, -0.2) is 111 Å². The maximum atomic E-state index is 14.1. The number of nitrogens with zero attached hydrogens (tertiary/aromatic N) is 3. The number of hydrogen-bond acceptors (Lipinski definition) is 14. The zero-order valence-corrected chi connectivity index (χ0v) is 32.1. The van der Waals surface area contributed by atoms with Crippen LogP contribution < -0.4 is 21.1 Å². The van der Waals surface area contributed by atoms with Crippen LogP contribution in [0.4, 0.5) is 9.59 Å². The van der Waals surface area contributed by atoms with Crippen LogP contribution in [0.3, 0.4) is 0 Å². The number of amides is 6. The molecule has 2 aromatic rings. The number of nitrogens with two attached hydrogens (primary N) is 1. The van der Waals surface area contributed by atoms with Crippen molar-refractivity contribution in [3.63, 3.8) is 0 Å². The molecule has 5 rings (SSSR count). The highest BCUT2D eigenvalue weighted by Crippen LogP contribution is 2.47. The Bertz CT molecular complexity index is 1950. The monoisotopic (exact) mass is 794 g/mol. The van der Waals surface area contributed by atoms with Crippen LogP contribution in [-0.2, 0) is 49.6 Å². The molecule has 0 saturated carbocycles. The van der Waals surface area contributed by atoms with Crippen molar-refractivity contribution >= 4 is 59.5 Å². The zero-order valence-electron chi connectivity index (χ0n) is 31.3. The minimum atomic E-state index is -1.72. The second kappa shape index (κ2) is 16.8. The maximum Gasteiger partial charge on any atom is 0.514 e. The van der Waals surface area contributed by atoms with E-state index < -0.39 is 70.4 Å². The summed E-state index contributed by atoms with van der Waals surface area (Å²) in [6.07, 6.45) is -0.999. The number of hydrogen-bond donors (Lipinski definition) is 3. The van der Waals surface area contributed by atoms with Crippen LogP contribution in [0.5, 0.6) is 5.75 Å². The average Bonchev–Trinajstić information content (AvgIpc) is 3.15. The van der Waals surface area contributed by atoms with Crippen molar-refractivity contribution in [1.29, 1.82) is 0 Å². The van der Waals surface area contributed by atoms with Gasteiger partial charge in [-0.05, 0) is 51.0 Å². The van der Waals surface area contributed by atoms with Crippen molar-refractivity contribution in [3.05, 3.63) is 77.0 Å². The molecule has 18 nitrogen and oxygen atoms in total. The molecule has 298 valence electrons. The summed E-state index contributed by atoms with van der Waals surface area (Å²) in [4.78, 5) is 105. The highest BCUT2D eigenvalue weighted by atomic mass is 32.2. The van der Waals surface area contributed by atoms with Gasteiger partial charge in [-0.2, -0.15) is 0 Å². The predicted molar refractivity (Wildman–Crippen MR) is 197 cm³/mol. The van der Waals surface area contributed by atoms with Crippen molar-refractivity contribution in [2.45, 2.75) is 63.9 Å². The third-order valence-electron chi connectivity index (χ3n) is 8.67. The van der Waals surface area contributed by atoms with E-state index in [1.165, 1.54) is 36.1 Å². The van der Waals surface area contributed by atoms with Crippen molar-refractivity contribution in [2.75, 3.05) is 32.0 Å². The van der Waals surface area contributed by atoms with Gasteiger partial charge in [-0.3, -0.25) is 39.5 Å². The number of thioether (sulfide) groups is 1. The predicted octanol–water partition coefficient (Wildman–Crippen LogP) is 1.69. The lowest BCUT2D eigenvalue weighted by Gasteiger charge is -2.57. The first-order valence-electron chi connectivity index (χ1n) is 17.5. The maximum absolute atomic E-state index is 14.1. The van der Waals surface area contributed by atoms with E-state index in [2.05, 4.69) is 10.6 Å². The van der Waals surface area contributed by atoms with Crippen LogP contribution >= 0.6 is 11.8 Å². The summed E-state index contributed by atoms with van der Waals surface area (Å²) >= 11 is 0.994. The molecule has 19 heteroatoms. The summed E-state index contributed by atoms with van der Waals surface area (Å²) in [6, 6.07) is 10.2. The van der Waals surface area contributed by atoms with Crippen molar-refractivity contribution in [3.8, 4) is 5.75 Å². The normalized spacial score (nSPS) is 20.0. The van der Waals surface area contributed by atoms with E-state index in [1.807, 2.05) is 6.07 Å². The molecule has 3 aliphatic heterocycles. The number of ether oxygens (including phenoxy) is 4. The van der Waals surface area contributed by atoms with Crippen LogP contribution in [0, 0.1) is 0 Å². The number of urea groups is 1. The molecule has 0 aliphatic carbocycles. The fraction of sp³-hybridized carbons (Fsp3) is 0.405. The van der Waals surface area contributed by atoms with Gasteiger partial charge in [0.25, 0.3) is 5.91 Å². The van der Waals surface area contributed by atoms with Crippen LogP contribution in [0.15, 0.2) is 65.9 Å². The highest BCUT2D eigenvalue weighted by molar-refractivity contribution is 8.01. The number of piperazine rings is 1. The van der Waals surface area contributed by atoms with Gasteiger partial charge >= 0.3 is 35.9 Å². The van der Waals surface area contributed by atoms with Gasteiger partial charge in [0.15, 0.2) is 11.0 Å². The zero-order chi connectivity index (χ0) is 40.9. The number of carbonyl (C=O) groups excluding carboxylic acids is 8. The molecule has 0 radical (unpaired) electrons. The Balaban J connectivity index is 1.37. The van der Waals surface area contributed by atoms with Crippen molar-refractivity contribution in [1.82, 2.24) is 25.3 Å². The average molecular weight is 795 g/mol. The molecule has 2 fully saturated rings. The first-order valence-corrected chi connectivity index (χ1v) is 18.5. The lowest BCUT2D eigenvalue weighted by molar-refractivity contribution is -0.163. The summed E-state index contributed by atoms with van der Waals surface area (Å²) in [5, 5.41) is 5.04. The SMILES string of the molecule is CCN1CCN(C(=O)NC(C(=O)N[C@@H]2C(=O)N3C(C(=O)OC(C)(C)C)=C(COC(C)=O)CSC23N)c2ccc(OC(=O)OCc3ccccc3)cc2)C(=O)C1=O. The molecule has 4 N–H and O–H groups in total. The summed E-state index contributed by atoms with van der Waals surface area (Å²) in [7, 11) is 0. The molecule has 3 aliphatic rings. The minimum Gasteiger partial charge on any atom is -0.461 e. The Morgan fingerprint density at radius 2 is 1.62 bits per heavy atom. The Labute approximate surface area is 325 Å². The van der Waals surface area contributed by atoms with Crippen molar-refractivity contribution in [2.24, 2.45) is 5.73 Å². The second-order valence-corrected chi connectivity index (χ2v) is 15.0. The topological polar surface area (TPSA) is 233 Å². The molecular weight excluding hydrogens is 753 g/mol. The van der Waals surface area contributed by atoms with Crippen molar-refractivity contribution < 1.29 is 57.3 Å². The lowest BCUT2D eigenvalue weighted by atomic mass is 9.97. The Morgan fingerprint density at radius 1 is 0.946 bits per heavy atom. The van der Waals surface area contributed by atoms with Gasteiger partial charge < -0.3 is 34.5 Å². The third kappa shape index (κ3) is 9.11. The van der Waals surface area contributed by atoms with E-state index in [0.29, 0.717) is 4.90 Å². The second-order valence-electron chi connectivity index (χ2n) is 13.8. The lowest BCUT2D eigenvalue weighted by Crippen LogP contribution is -2.82. The Morgan fingerprint density at radius 3 is 2.25 bits per heavy atom. The van der Waals surface area contributed by atoms with E-state index in [-0.39, 0.29) is 61.2 Å². The molecular formula is C37H42N6O12S. The van der Waals surface area contributed by atoms with Gasteiger partial charge in [0.1, 0.15) is 36.3 Å². The largest absolute Gasteiger partial charge is 0.514 e. The molecule has 56 heavy (non-hydrogen) atoms. The van der Waals surface area contributed by atoms with E-state index in [9.17, 15) is 38.4 Å². The number of carbonyl (C=O) groups is 8. The summed E-state index contributed by atoms with van der Waals surface area (Å²) in [5.74, 6) is -5.20. The van der Waals surface area contributed by atoms with E-state index in [1.54, 1.807) is 52.0 Å². The third-order valence-corrected chi connectivity index (χ3v) is 10.0. The number of β-lactam (4-membered cyclic amide) rings is 1. The van der Waals surface area contributed by atoms with Crippen LogP contribution in [0.1, 0.15) is 51.8 Å². The highest BCUT2D eigenvalue weighted by Gasteiger charge is 2.64. The molecule has 2 aromatic carbocycles. The van der Waals surface area contributed by atoms with E-state index in [4.69, 9.17) is 24.7 Å². The number of esters is 2. The van der Waals surface area contributed by atoms with Gasteiger partial charge in [0.05, 0.1) is 0 Å². The number of nitrogens with one attached hydrogen (secondary N) is 2. The number of imide groups is 1. The van der Waals surface area contributed by atoms with Gasteiger partial charge in [-0.25, -0.2) is 14.4 Å². The molecule has 3 heterocycles. The van der Waals surface area contributed by atoms with Crippen LogP contribution in [0.2, 0.25) is 0 Å². The fourth-order valence-electron chi connectivity index (χ4n) is 5.90. The summed E-state index contributed by atoms with van der Waals surface area (Å²) < 4.78 is 21.1. The molecule has 0 spiro atoms. The molecule has 2 saturated heterocycles. The quantitative estimate of drug-likeness (QED) is 0.0967. The van der Waals surface area contributed by atoms with Gasteiger partial charge in [0, 0.05) is 37.9 Å². The summed E-state index contributed by atoms with van der Waals surface area (Å²) in [5.41, 5.74) is 6.63. The standard InChI is InChI=1S/C37H42N6O12S/c1-6-41-16-17-42(32(48)31(41)47)34(50)39-26(23-12-14-25(15-13-23)54-35(51)53-18-22-10-8-7-9-11-22)29(45)40-28-30(46)43-27(33(49)55-36(3,4)5)24(19-52-21(2)44)20-56-37(28,43)38/h7-15,26,28H,6,16-20,38H2,1-5H3,(H,39,50)(H,40,45)/t26?,28-,37?/m1/s1. The molecule has 0 aromatic heterocycles. The summed E-state index contributed by atoms with van der Waals surface area (Å²) in [6.45, 7) is 7.57. The van der Waals surface area contributed by atoms with Gasteiger partial charge in [-0.1, -0.05) is 42.5 Å². The molecule has 3 atom stereocenters.